The Morgan fingerprint density at radius 3 is 2.92 bits per heavy atom. The third kappa shape index (κ3) is 2.50. The lowest BCUT2D eigenvalue weighted by atomic mass is 10.3. The van der Waals surface area contributed by atoms with Crippen molar-refractivity contribution in [3.8, 4) is 0 Å². The number of hydrogen-bond acceptors (Lipinski definition) is 3. The Balaban J connectivity index is 2.22. The van der Waals surface area contributed by atoms with E-state index in [1.807, 2.05) is 12.4 Å². The average molecular weight is 171 g/mol. The molecule has 1 unspecified atom stereocenters. The number of imide groups is 1. The van der Waals surface area contributed by atoms with Crippen molar-refractivity contribution in [2.24, 2.45) is 0 Å². The van der Waals surface area contributed by atoms with Crippen molar-refractivity contribution in [3.05, 3.63) is 0 Å². The fourth-order valence-electron chi connectivity index (χ4n) is 1.33. The van der Waals surface area contributed by atoms with Gasteiger partial charge in [-0.3, -0.25) is 10.1 Å². The molecule has 1 heterocycles. The van der Waals surface area contributed by atoms with E-state index in [0.717, 1.165) is 19.5 Å². The summed E-state index contributed by atoms with van der Waals surface area (Å²) in [6, 6.07) is -0.236. The molecule has 2 N–H and O–H groups in total. The van der Waals surface area contributed by atoms with E-state index in [2.05, 4.69) is 10.2 Å². The van der Waals surface area contributed by atoms with E-state index in [0.29, 0.717) is 6.41 Å². The minimum atomic E-state index is -0.412. The SMILES string of the molecule is CN1CCC(NC(=O)NC=O)C1. The van der Waals surface area contributed by atoms with Crippen LogP contribution in [0.2, 0.25) is 0 Å². The molecule has 0 aliphatic carbocycles. The molecule has 3 amide bonds. The first-order valence-corrected chi connectivity index (χ1v) is 3.91. The van der Waals surface area contributed by atoms with Crippen LogP contribution in [0.3, 0.4) is 0 Å². The summed E-state index contributed by atoms with van der Waals surface area (Å²) in [5, 5.41) is 4.73. The molecular weight excluding hydrogens is 158 g/mol. The number of rotatable bonds is 2. The Morgan fingerprint density at radius 2 is 2.42 bits per heavy atom. The molecule has 68 valence electrons. The van der Waals surface area contributed by atoms with E-state index in [4.69, 9.17) is 0 Å². The number of likely N-dealkylation sites (tertiary alicyclic amines) is 1. The van der Waals surface area contributed by atoms with E-state index in [9.17, 15) is 9.59 Å². The number of carbonyl (C=O) groups is 2. The number of urea groups is 1. The summed E-state index contributed by atoms with van der Waals surface area (Å²) < 4.78 is 0. The summed E-state index contributed by atoms with van der Waals surface area (Å²) in [5.74, 6) is 0. The summed E-state index contributed by atoms with van der Waals surface area (Å²) in [7, 11) is 2.00. The lowest BCUT2D eigenvalue weighted by Crippen LogP contribution is -2.42. The Hall–Kier alpha value is -1.10. The van der Waals surface area contributed by atoms with Crippen LogP contribution in [0.5, 0.6) is 0 Å². The Morgan fingerprint density at radius 1 is 1.67 bits per heavy atom. The van der Waals surface area contributed by atoms with E-state index in [-0.39, 0.29) is 6.04 Å². The Labute approximate surface area is 71.1 Å². The zero-order valence-corrected chi connectivity index (χ0v) is 7.04. The van der Waals surface area contributed by atoms with Gasteiger partial charge in [0.05, 0.1) is 0 Å². The highest BCUT2D eigenvalue weighted by atomic mass is 16.2. The van der Waals surface area contributed by atoms with Crippen LogP contribution < -0.4 is 10.6 Å². The topological polar surface area (TPSA) is 61.4 Å². The number of hydrogen-bond donors (Lipinski definition) is 2. The highest BCUT2D eigenvalue weighted by Gasteiger charge is 2.20. The van der Waals surface area contributed by atoms with E-state index < -0.39 is 6.03 Å². The number of nitrogens with one attached hydrogen (secondary N) is 2. The number of nitrogens with zero attached hydrogens (tertiary/aromatic N) is 1. The predicted molar refractivity (Wildman–Crippen MR) is 43.6 cm³/mol. The Bertz CT molecular complexity index is 183. The van der Waals surface area contributed by atoms with Crippen molar-refractivity contribution in [2.45, 2.75) is 12.5 Å². The van der Waals surface area contributed by atoms with Crippen LogP contribution in [0, 0.1) is 0 Å². The summed E-state index contributed by atoms with van der Waals surface area (Å²) in [6.45, 7) is 1.85. The van der Waals surface area contributed by atoms with Crippen molar-refractivity contribution in [1.82, 2.24) is 15.5 Å². The van der Waals surface area contributed by atoms with Gasteiger partial charge in [0.1, 0.15) is 0 Å². The second-order valence-corrected chi connectivity index (χ2v) is 2.98. The largest absolute Gasteiger partial charge is 0.334 e. The van der Waals surface area contributed by atoms with Crippen LogP contribution >= 0.6 is 0 Å². The molecule has 5 heteroatoms. The summed E-state index contributed by atoms with van der Waals surface area (Å²) in [5.41, 5.74) is 0. The second kappa shape index (κ2) is 4.06. The monoisotopic (exact) mass is 171 g/mol. The zero-order chi connectivity index (χ0) is 8.97. The van der Waals surface area contributed by atoms with Crippen LogP contribution in [0.25, 0.3) is 0 Å². The van der Waals surface area contributed by atoms with Gasteiger partial charge in [-0.2, -0.15) is 0 Å². The van der Waals surface area contributed by atoms with Crippen LogP contribution in [0.1, 0.15) is 6.42 Å². The molecule has 0 bridgehead atoms. The second-order valence-electron chi connectivity index (χ2n) is 2.98. The normalized spacial score (nSPS) is 23.6. The molecule has 1 rings (SSSR count). The van der Waals surface area contributed by atoms with Crippen molar-refractivity contribution in [1.29, 1.82) is 0 Å². The quantitative estimate of drug-likeness (QED) is 0.532. The molecule has 1 aliphatic heterocycles. The van der Waals surface area contributed by atoms with Gasteiger partial charge in [-0.05, 0) is 20.0 Å². The minimum absolute atomic E-state index is 0.176. The minimum Gasteiger partial charge on any atom is -0.334 e. The van der Waals surface area contributed by atoms with Crippen LogP contribution in [-0.4, -0.2) is 43.5 Å². The van der Waals surface area contributed by atoms with Gasteiger partial charge in [-0.1, -0.05) is 0 Å². The smallest absolute Gasteiger partial charge is 0.321 e. The van der Waals surface area contributed by atoms with Crippen LogP contribution in [0.15, 0.2) is 0 Å². The van der Waals surface area contributed by atoms with Crippen LogP contribution in [0.4, 0.5) is 4.79 Å². The molecule has 1 aliphatic rings. The van der Waals surface area contributed by atoms with Gasteiger partial charge >= 0.3 is 6.03 Å². The van der Waals surface area contributed by atoms with Crippen LogP contribution in [-0.2, 0) is 4.79 Å². The van der Waals surface area contributed by atoms with Gasteiger partial charge in [-0.25, -0.2) is 4.79 Å². The first-order valence-electron chi connectivity index (χ1n) is 3.91. The molecule has 1 atom stereocenters. The zero-order valence-electron chi connectivity index (χ0n) is 7.04. The molecule has 12 heavy (non-hydrogen) atoms. The highest BCUT2D eigenvalue weighted by molar-refractivity contribution is 5.84. The first kappa shape index (κ1) is 8.99. The number of amides is 3. The standard InChI is InChI=1S/C7H13N3O2/c1-10-3-2-6(4-10)9-7(12)8-5-11/h5-6H,2-4H2,1H3,(H2,8,9,11,12). The molecule has 0 aromatic carbocycles. The molecule has 0 saturated carbocycles. The average Bonchev–Trinajstić information content (AvgIpc) is 2.36. The van der Waals surface area contributed by atoms with Crippen molar-refractivity contribution >= 4 is 12.4 Å². The molecule has 0 aromatic rings. The van der Waals surface area contributed by atoms with E-state index in [1.54, 1.807) is 0 Å². The summed E-state index contributed by atoms with van der Waals surface area (Å²) >= 11 is 0. The van der Waals surface area contributed by atoms with Crippen molar-refractivity contribution < 1.29 is 9.59 Å². The number of likely N-dealkylation sites (N-methyl/N-ethyl adjacent to an activating group) is 1. The van der Waals surface area contributed by atoms with Gasteiger partial charge in [-0.15, -0.1) is 0 Å². The fourth-order valence-corrected chi connectivity index (χ4v) is 1.33. The lowest BCUT2D eigenvalue weighted by Gasteiger charge is -2.11. The molecule has 0 aromatic heterocycles. The maximum atomic E-state index is 10.8. The third-order valence-corrected chi connectivity index (χ3v) is 1.92. The maximum absolute atomic E-state index is 10.8. The van der Waals surface area contributed by atoms with Crippen molar-refractivity contribution in [2.75, 3.05) is 20.1 Å². The summed E-state index contributed by atoms with van der Waals surface area (Å²) in [4.78, 5) is 22.8. The van der Waals surface area contributed by atoms with Gasteiger partial charge < -0.3 is 10.2 Å². The van der Waals surface area contributed by atoms with Gasteiger partial charge in [0.15, 0.2) is 0 Å². The summed E-state index contributed by atoms with van der Waals surface area (Å²) in [6.07, 6.45) is 1.33. The van der Waals surface area contributed by atoms with Gasteiger partial charge in [0.25, 0.3) is 0 Å². The molecule has 5 nitrogen and oxygen atoms in total. The highest BCUT2D eigenvalue weighted by Crippen LogP contribution is 2.05. The lowest BCUT2D eigenvalue weighted by molar-refractivity contribution is -0.108. The third-order valence-electron chi connectivity index (χ3n) is 1.92. The van der Waals surface area contributed by atoms with Gasteiger partial charge in [0.2, 0.25) is 6.41 Å². The van der Waals surface area contributed by atoms with Gasteiger partial charge in [0, 0.05) is 12.6 Å². The molecule has 0 spiro atoms. The Kier molecular flexibility index (Phi) is 3.04. The molecule has 0 radical (unpaired) electrons. The van der Waals surface area contributed by atoms with E-state index >= 15 is 0 Å². The van der Waals surface area contributed by atoms with E-state index in [1.165, 1.54) is 0 Å². The predicted octanol–water partition coefficient (Wildman–Crippen LogP) is -0.854. The first-order chi connectivity index (χ1) is 5.72. The maximum Gasteiger partial charge on any atom is 0.321 e. The molecule has 1 saturated heterocycles. The number of carbonyl (C=O) groups excluding carboxylic acids is 2. The molecular formula is C7H13N3O2. The molecule has 1 fully saturated rings. The van der Waals surface area contributed by atoms with Crippen molar-refractivity contribution in [3.63, 3.8) is 0 Å². The fraction of sp³-hybridized carbons (Fsp3) is 0.714.